The minimum absolute atomic E-state index is 0.448. The number of alkyl halides is 1. The van der Waals surface area contributed by atoms with Gasteiger partial charge in [0.2, 0.25) is 0 Å². The van der Waals surface area contributed by atoms with Crippen LogP contribution in [0.5, 0.6) is 0 Å². The molecule has 0 aliphatic heterocycles. The molecule has 1 unspecified atom stereocenters. The molecule has 0 bridgehead atoms. The van der Waals surface area contributed by atoms with Crippen LogP contribution in [-0.4, -0.2) is 27.2 Å². The summed E-state index contributed by atoms with van der Waals surface area (Å²) < 4.78 is 12.2. The second-order valence-electron chi connectivity index (χ2n) is 1.84. The number of hydrogen-bond acceptors (Lipinski definition) is 1. The maximum atomic E-state index is 12.2. The zero-order valence-electron chi connectivity index (χ0n) is 4.89. The summed E-state index contributed by atoms with van der Waals surface area (Å²) in [6, 6.07) is -0.762. The van der Waals surface area contributed by atoms with Gasteiger partial charge >= 0.3 is 0 Å². The lowest BCUT2D eigenvalue weighted by Crippen LogP contribution is -2.44. The van der Waals surface area contributed by atoms with Gasteiger partial charge in [-0.1, -0.05) is 6.92 Å². The summed E-state index contributed by atoms with van der Waals surface area (Å²) in [7, 11) is 9.55. The maximum Gasteiger partial charge on any atom is 0.109 e. The molecule has 0 saturated heterocycles. The van der Waals surface area contributed by atoms with E-state index in [1.807, 2.05) is 0 Å². The summed E-state index contributed by atoms with van der Waals surface area (Å²) >= 11 is 0. The SMILES string of the molecule is [B]C([B])(F)C(N)CC. The molecular formula is C4H8B2FN. The minimum Gasteiger partial charge on any atom is -0.326 e. The van der Waals surface area contributed by atoms with Gasteiger partial charge in [-0.2, -0.15) is 0 Å². The van der Waals surface area contributed by atoms with E-state index in [0.29, 0.717) is 6.42 Å². The smallest absolute Gasteiger partial charge is 0.109 e. The minimum atomic E-state index is -2.21. The van der Waals surface area contributed by atoms with Gasteiger partial charge in [0.25, 0.3) is 0 Å². The van der Waals surface area contributed by atoms with Crippen molar-refractivity contribution in [3.05, 3.63) is 0 Å². The molecule has 0 aromatic carbocycles. The second kappa shape index (κ2) is 2.53. The normalized spacial score (nSPS) is 15.9. The molecule has 0 aromatic heterocycles. The third-order valence-corrected chi connectivity index (χ3v) is 1.01. The van der Waals surface area contributed by atoms with Crippen LogP contribution in [0.2, 0.25) is 0 Å². The zero-order chi connectivity index (χ0) is 6.78. The van der Waals surface area contributed by atoms with Gasteiger partial charge in [0.05, 0.1) is 0 Å². The molecule has 42 valence electrons. The summed E-state index contributed by atoms with van der Waals surface area (Å²) in [4.78, 5) is 0. The van der Waals surface area contributed by atoms with Crippen LogP contribution < -0.4 is 5.73 Å². The first-order valence-electron chi connectivity index (χ1n) is 2.50. The fourth-order valence-electron chi connectivity index (χ4n) is 0.313. The lowest BCUT2D eigenvalue weighted by atomic mass is 9.62. The molecule has 0 fully saturated rings. The molecule has 8 heavy (non-hydrogen) atoms. The van der Waals surface area contributed by atoms with Crippen LogP contribution in [0.1, 0.15) is 13.3 Å². The van der Waals surface area contributed by atoms with Crippen LogP contribution in [0.4, 0.5) is 4.39 Å². The summed E-state index contributed by atoms with van der Waals surface area (Å²) in [5.41, 5.74) is 2.91. The standard InChI is InChI=1S/C4H8B2FN/c1-2-3(8)4(5,6)7/h3H,2,8H2,1H3. The van der Waals surface area contributed by atoms with E-state index in [1.54, 1.807) is 6.92 Å². The topological polar surface area (TPSA) is 26.0 Å². The summed E-state index contributed by atoms with van der Waals surface area (Å²) in [6.07, 6.45) is 0.448. The molecule has 2 N–H and O–H groups in total. The van der Waals surface area contributed by atoms with Gasteiger partial charge < -0.3 is 5.73 Å². The average Bonchev–Trinajstić information content (AvgIpc) is 1.62. The van der Waals surface area contributed by atoms with Crippen LogP contribution in [0, 0.1) is 0 Å². The Morgan fingerprint density at radius 1 is 1.75 bits per heavy atom. The van der Waals surface area contributed by atoms with Crippen molar-refractivity contribution in [2.75, 3.05) is 0 Å². The van der Waals surface area contributed by atoms with Crippen molar-refractivity contribution in [3.63, 3.8) is 0 Å². The van der Waals surface area contributed by atoms with Gasteiger partial charge in [0.15, 0.2) is 0 Å². The first kappa shape index (κ1) is 8.02. The Balaban J connectivity index is 3.62. The Hall–Kier alpha value is 0.0199. The van der Waals surface area contributed by atoms with Crippen molar-refractivity contribution in [2.45, 2.75) is 24.9 Å². The Morgan fingerprint density at radius 3 is 2.12 bits per heavy atom. The van der Waals surface area contributed by atoms with Crippen molar-refractivity contribution in [1.29, 1.82) is 0 Å². The van der Waals surface area contributed by atoms with E-state index in [2.05, 4.69) is 0 Å². The average molecular weight is 111 g/mol. The molecule has 0 aromatic rings. The van der Waals surface area contributed by atoms with Gasteiger partial charge in [-0.15, -0.1) is 0 Å². The fraction of sp³-hybridized carbons (Fsp3) is 1.00. The van der Waals surface area contributed by atoms with Crippen LogP contribution in [-0.2, 0) is 0 Å². The highest BCUT2D eigenvalue weighted by molar-refractivity contribution is 6.39. The molecular weight excluding hydrogens is 103 g/mol. The molecule has 0 saturated carbocycles. The first-order valence-corrected chi connectivity index (χ1v) is 2.50. The van der Waals surface area contributed by atoms with E-state index in [4.69, 9.17) is 21.4 Å². The number of halogens is 1. The molecule has 0 amide bonds. The van der Waals surface area contributed by atoms with E-state index in [9.17, 15) is 4.39 Å². The highest BCUT2D eigenvalue weighted by atomic mass is 19.1. The predicted molar refractivity (Wildman–Crippen MR) is 33.6 cm³/mol. The Bertz CT molecular complexity index is 70.9. The monoisotopic (exact) mass is 111 g/mol. The van der Waals surface area contributed by atoms with Crippen molar-refractivity contribution < 1.29 is 4.39 Å². The summed E-state index contributed by atoms with van der Waals surface area (Å²) in [6.45, 7) is 1.72. The van der Waals surface area contributed by atoms with Crippen molar-refractivity contribution in [1.82, 2.24) is 0 Å². The summed E-state index contributed by atoms with van der Waals surface area (Å²) in [5.74, 6) is 0. The first-order chi connectivity index (χ1) is 3.48. The van der Waals surface area contributed by atoms with Crippen molar-refractivity contribution in [3.8, 4) is 0 Å². The second-order valence-corrected chi connectivity index (χ2v) is 1.84. The Labute approximate surface area is 51.6 Å². The highest BCUT2D eigenvalue weighted by Crippen LogP contribution is 2.06. The third-order valence-electron chi connectivity index (χ3n) is 1.01. The van der Waals surface area contributed by atoms with E-state index in [-0.39, 0.29) is 0 Å². The lowest BCUT2D eigenvalue weighted by molar-refractivity contribution is 0.325. The van der Waals surface area contributed by atoms with Crippen molar-refractivity contribution in [2.24, 2.45) is 5.73 Å². The molecule has 0 heterocycles. The van der Waals surface area contributed by atoms with Crippen LogP contribution in [0.15, 0.2) is 0 Å². The summed E-state index contributed by atoms with van der Waals surface area (Å²) in [5, 5.41) is 0. The quantitative estimate of drug-likeness (QED) is 0.485. The van der Waals surface area contributed by atoms with Gasteiger partial charge in [-0.3, -0.25) is 4.39 Å². The molecule has 1 nitrogen and oxygen atoms in total. The number of hydrogen-bond donors (Lipinski definition) is 1. The largest absolute Gasteiger partial charge is 0.326 e. The van der Waals surface area contributed by atoms with E-state index in [1.165, 1.54) is 0 Å². The van der Waals surface area contributed by atoms with Gasteiger partial charge in [0, 0.05) is 11.5 Å². The fourth-order valence-corrected chi connectivity index (χ4v) is 0.313. The lowest BCUT2D eigenvalue weighted by Gasteiger charge is -2.22. The van der Waals surface area contributed by atoms with Crippen LogP contribution in [0.3, 0.4) is 0 Å². The molecule has 1 atom stereocenters. The molecule has 4 radical (unpaired) electrons. The molecule has 4 heteroatoms. The Kier molecular flexibility index (Phi) is 2.54. The van der Waals surface area contributed by atoms with Gasteiger partial charge in [-0.25, -0.2) is 0 Å². The highest BCUT2D eigenvalue weighted by Gasteiger charge is 2.21. The number of rotatable bonds is 2. The van der Waals surface area contributed by atoms with E-state index in [0.717, 1.165) is 0 Å². The molecule has 0 spiro atoms. The predicted octanol–water partition coefficient (Wildman–Crippen LogP) is -0.316. The van der Waals surface area contributed by atoms with Crippen LogP contribution in [0.25, 0.3) is 0 Å². The van der Waals surface area contributed by atoms with Crippen LogP contribution >= 0.6 is 0 Å². The Morgan fingerprint density at radius 2 is 2.12 bits per heavy atom. The maximum absolute atomic E-state index is 12.2. The van der Waals surface area contributed by atoms with E-state index >= 15 is 0 Å². The molecule has 0 rings (SSSR count). The zero-order valence-corrected chi connectivity index (χ0v) is 4.89. The van der Waals surface area contributed by atoms with Gasteiger partial charge in [0.1, 0.15) is 15.7 Å². The van der Waals surface area contributed by atoms with Crippen molar-refractivity contribution >= 4 is 15.7 Å². The van der Waals surface area contributed by atoms with E-state index < -0.39 is 11.5 Å². The van der Waals surface area contributed by atoms with Gasteiger partial charge in [-0.05, 0) is 6.42 Å². The third kappa shape index (κ3) is 2.36. The molecule has 0 aliphatic carbocycles. The number of nitrogens with two attached hydrogens (primary N) is 1. The molecule has 0 aliphatic rings.